The maximum atomic E-state index is 8.95. The molecule has 0 atom stereocenters. The highest BCUT2D eigenvalue weighted by Gasteiger charge is 2.40. The van der Waals surface area contributed by atoms with E-state index in [0.717, 1.165) is 18.1 Å². The maximum absolute atomic E-state index is 8.95. The highest BCUT2D eigenvalue weighted by atomic mass is 16.4. The molecule has 2 rings (SSSR count). The number of rotatable bonds is 5. The summed E-state index contributed by atoms with van der Waals surface area (Å²) >= 11 is 0. The van der Waals surface area contributed by atoms with Crippen molar-refractivity contribution in [3.63, 3.8) is 0 Å². The van der Waals surface area contributed by atoms with Gasteiger partial charge in [-0.3, -0.25) is 0 Å². The maximum Gasteiger partial charge on any atom is 0.173 e. The number of oxime groups is 1. The van der Waals surface area contributed by atoms with E-state index in [1.165, 1.54) is 19.3 Å². The van der Waals surface area contributed by atoms with Gasteiger partial charge in [0.2, 0.25) is 0 Å². The highest BCUT2D eigenvalue weighted by molar-refractivity contribution is 6.01. The predicted octanol–water partition coefficient (Wildman–Crippen LogP) is 1.41. The first-order valence-corrected chi connectivity index (χ1v) is 7.24. The van der Waals surface area contributed by atoms with Crippen molar-refractivity contribution in [2.45, 2.75) is 31.7 Å². The molecule has 0 aliphatic heterocycles. The quantitative estimate of drug-likeness (QED) is 0.371. The zero-order valence-electron chi connectivity index (χ0n) is 13.3. The van der Waals surface area contributed by atoms with Gasteiger partial charge in [-0.15, -0.1) is 0 Å². The zero-order valence-corrected chi connectivity index (χ0v) is 13.3. The van der Waals surface area contributed by atoms with Crippen molar-refractivity contribution in [1.82, 2.24) is 9.88 Å². The molecule has 0 amide bonds. The summed E-state index contributed by atoms with van der Waals surface area (Å²) in [7, 11) is 6.27. The van der Waals surface area contributed by atoms with E-state index in [2.05, 4.69) is 34.0 Å². The molecule has 1 fully saturated rings. The van der Waals surface area contributed by atoms with Crippen LogP contribution >= 0.6 is 0 Å². The summed E-state index contributed by atoms with van der Waals surface area (Å²) in [4.78, 5) is 8.99. The van der Waals surface area contributed by atoms with Crippen molar-refractivity contribution in [3.05, 3.63) is 23.4 Å². The lowest BCUT2D eigenvalue weighted by Gasteiger charge is -2.49. The number of aryl methyl sites for hydroxylation is 1. The average molecular weight is 291 g/mol. The third-order valence-corrected chi connectivity index (χ3v) is 4.52. The minimum Gasteiger partial charge on any atom is -0.409 e. The van der Waals surface area contributed by atoms with Crippen LogP contribution in [0.25, 0.3) is 0 Å². The number of amidine groups is 1. The number of pyridine rings is 1. The SMILES string of the molecule is Cc1ccc(/C(N)=N/O)c(N(C)CC2(N(C)C)CCC2)n1. The van der Waals surface area contributed by atoms with Crippen LogP contribution in [0.2, 0.25) is 0 Å². The molecule has 0 radical (unpaired) electrons. The molecule has 0 aromatic carbocycles. The topological polar surface area (TPSA) is 78.0 Å². The normalized spacial score (nSPS) is 17.7. The first-order valence-electron chi connectivity index (χ1n) is 7.24. The van der Waals surface area contributed by atoms with Crippen LogP contribution < -0.4 is 10.6 Å². The van der Waals surface area contributed by atoms with Crippen LogP contribution in [0.5, 0.6) is 0 Å². The van der Waals surface area contributed by atoms with Crippen molar-refractivity contribution in [3.8, 4) is 0 Å². The van der Waals surface area contributed by atoms with Crippen LogP contribution in [0, 0.1) is 6.92 Å². The summed E-state index contributed by atoms with van der Waals surface area (Å²) in [5.74, 6) is 0.857. The van der Waals surface area contributed by atoms with E-state index in [4.69, 9.17) is 10.9 Å². The van der Waals surface area contributed by atoms with Gasteiger partial charge in [-0.2, -0.15) is 0 Å². The van der Waals surface area contributed by atoms with E-state index in [9.17, 15) is 0 Å². The number of likely N-dealkylation sites (N-methyl/N-ethyl adjacent to an activating group) is 2. The van der Waals surface area contributed by atoms with Crippen LogP contribution in [0.3, 0.4) is 0 Å². The van der Waals surface area contributed by atoms with E-state index < -0.39 is 0 Å². The molecule has 0 bridgehead atoms. The number of hydrogen-bond acceptors (Lipinski definition) is 5. The molecule has 1 aliphatic carbocycles. The second kappa shape index (κ2) is 5.89. The van der Waals surface area contributed by atoms with E-state index in [1.54, 1.807) is 0 Å². The second-order valence-electron chi connectivity index (χ2n) is 6.14. The average Bonchev–Trinajstić information content (AvgIpc) is 2.41. The number of hydrogen-bond donors (Lipinski definition) is 2. The summed E-state index contributed by atoms with van der Waals surface area (Å²) in [5, 5.41) is 12.1. The van der Waals surface area contributed by atoms with Gasteiger partial charge in [-0.1, -0.05) is 5.16 Å². The Morgan fingerprint density at radius 1 is 1.38 bits per heavy atom. The third kappa shape index (κ3) is 2.95. The lowest BCUT2D eigenvalue weighted by molar-refractivity contribution is 0.0681. The molecule has 1 aromatic rings. The Morgan fingerprint density at radius 3 is 2.52 bits per heavy atom. The van der Waals surface area contributed by atoms with Crippen molar-refractivity contribution in [2.24, 2.45) is 10.9 Å². The molecule has 0 unspecified atom stereocenters. The molecule has 116 valence electrons. The first-order chi connectivity index (χ1) is 9.89. The standard InChI is InChI=1S/C15H25N5O/c1-11-6-7-12(13(16)18-21)14(17-11)20(4)10-15(19(2)3)8-5-9-15/h6-7,21H,5,8-10H2,1-4H3,(H2,16,18). The molecule has 0 saturated heterocycles. The molecule has 3 N–H and O–H groups in total. The van der Waals surface area contributed by atoms with Gasteiger partial charge in [0.1, 0.15) is 5.82 Å². The summed E-state index contributed by atoms with van der Waals surface area (Å²) in [6, 6.07) is 3.72. The van der Waals surface area contributed by atoms with Crippen molar-refractivity contribution in [1.29, 1.82) is 0 Å². The van der Waals surface area contributed by atoms with Crippen molar-refractivity contribution < 1.29 is 5.21 Å². The molecule has 1 saturated carbocycles. The number of anilines is 1. The fourth-order valence-corrected chi connectivity index (χ4v) is 2.94. The van der Waals surface area contributed by atoms with Crippen molar-refractivity contribution >= 4 is 11.7 Å². The van der Waals surface area contributed by atoms with Gasteiger partial charge in [0, 0.05) is 24.8 Å². The first kappa shape index (κ1) is 15.6. The molecule has 21 heavy (non-hydrogen) atoms. The predicted molar refractivity (Wildman–Crippen MR) is 85.0 cm³/mol. The summed E-state index contributed by atoms with van der Waals surface area (Å²) < 4.78 is 0. The van der Waals surface area contributed by atoms with Gasteiger partial charge >= 0.3 is 0 Å². The van der Waals surface area contributed by atoms with Crippen LogP contribution in [-0.4, -0.2) is 54.2 Å². The monoisotopic (exact) mass is 291 g/mol. The molecular weight excluding hydrogens is 266 g/mol. The molecule has 6 nitrogen and oxygen atoms in total. The van der Waals surface area contributed by atoms with E-state index in [1.807, 2.05) is 26.1 Å². The molecule has 6 heteroatoms. The van der Waals surface area contributed by atoms with E-state index >= 15 is 0 Å². The van der Waals surface area contributed by atoms with Crippen LogP contribution in [0.1, 0.15) is 30.5 Å². The number of nitrogens with zero attached hydrogens (tertiary/aromatic N) is 4. The van der Waals surface area contributed by atoms with Crippen molar-refractivity contribution in [2.75, 3.05) is 32.6 Å². The molecule has 0 spiro atoms. The van der Waals surface area contributed by atoms with Gasteiger partial charge < -0.3 is 20.7 Å². The molecule has 1 aliphatic rings. The highest BCUT2D eigenvalue weighted by Crippen LogP contribution is 2.37. The summed E-state index contributed by atoms with van der Waals surface area (Å²) in [6.45, 7) is 2.82. The van der Waals surface area contributed by atoms with Gasteiger partial charge in [0.05, 0.1) is 5.56 Å². The molecule has 1 heterocycles. The fourth-order valence-electron chi connectivity index (χ4n) is 2.94. The van der Waals surface area contributed by atoms with Gasteiger partial charge in [-0.25, -0.2) is 4.98 Å². The number of nitrogens with two attached hydrogens (primary N) is 1. The minimum absolute atomic E-state index is 0.0943. The van der Waals surface area contributed by atoms with Gasteiger partial charge in [0.25, 0.3) is 0 Å². The van der Waals surface area contributed by atoms with Crippen LogP contribution in [-0.2, 0) is 0 Å². The lowest BCUT2D eigenvalue weighted by Crippen LogP contribution is -2.57. The lowest BCUT2D eigenvalue weighted by atomic mass is 9.75. The Bertz CT molecular complexity index is 537. The Hall–Kier alpha value is -1.82. The molecular formula is C15H25N5O. The summed E-state index contributed by atoms with van der Waals surface area (Å²) in [5.41, 5.74) is 7.55. The molecule has 1 aromatic heterocycles. The second-order valence-corrected chi connectivity index (χ2v) is 6.14. The Balaban J connectivity index is 2.30. The van der Waals surface area contributed by atoms with Crippen LogP contribution in [0.15, 0.2) is 17.3 Å². The fraction of sp³-hybridized carbons (Fsp3) is 0.600. The Kier molecular flexibility index (Phi) is 4.37. The minimum atomic E-state index is 0.0943. The summed E-state index contributed by atoms with van der Waals surface area (Å²) in [6.07, 6.45) is 3.64. The van der Waals surface area contributed by atoms with Gasteiger partial charge in [-0.05, 0) is 52.4 Å². The third-order valence-electron chi connectivity index (χ3n) is 4.52. The van der Waals surface area contributed by atoms with Gasteiger partial charge in [0.15, 0.2) is 5.84 Å². The Labute approximate surface area is 126 Å². The smallest absolute Gasteiger partial charge is 0.173 e. The largest absolute Gasteiger partial charge is 0.409 e. The van der Waals surface area contributed by atoms with E-state index in [0.29, 0.717) is 5.56 Å². The van der Waals surface area contributed by atoms with E-state index in [-0.39, 0.29) is 11.4 Å². The Morgan fingerprint density at radius 2 is 2.05 bits per heavy atom. The number of aromatic nitrogens is 1. The zero-order chi connectivity index (χ0) is 15.6. The van der Waals surface area contributed by atoms with Crippen LogP contribution in [0.4, 0.5) is 5.82 Å².